The van der Waals surface area contributed by atoms with Crippen molar-refractivity contribution in [1.82, 2.24) is 14.8 Å². The summed E-state index contributed by atoms with van der Waals surface area (Å²) < 4.78 is 7.99. The highest BCUT2D eigenvalue weighted by Crippen LogP contribution is 2.25. The van der Waals surface area contributed by atoms with Gasteiger partial charge in [0.05, 0.1) is 17.7 Å². The molecular weight excluding hydrogens is 392 g/mol. The Labute approximate surface area is 151 Å². The number of benzene rings is 1. The van der Waals surface area contributed by atoms with E-state index >= 15 is 0 Å². The maximum atomic E-state index is 12.1. The normalized spacial score (nSPS) is 10.8. The van der Waals surface area contributed by atoms with Gasteiger partial charge >= 0.3 is 0 Å². The van der Waals surface area contributed by atoms with Crippen LogP contribution in [0.3, 0.4) is 0 Å². The van der Waals surface area contributed by atoms with Gasteiger partial charge in [0.1, 0.15) is 0 Å². The van der Waals surface area contributed by atoms with Gasteiger partial charge in [0.2, 0.25) is 5.91 Å². The van der Waals surface area contributed by atoms with Gasteiger partial charge in [0, 0.05) is 11.5 Å². The summed E-state index contributed by atoms with van der Waals surface area (Å²) in [6, 6.07) is 9.40. The zero-order valence-electron chi connectivity index (χ0n) is 13.1. The van der Waals surface area contributed by atoms with Crippen LogP contribution in [0.25, 0.3) is 11.6 Å². The molecule has 0 aliphatic rings. The Morgan fingerprint density at radius 3 is 2.92 bits per heavy atom. The van der Waals surface area contributed by atoms with Crippen LogP contribution in [0.2, 0.25) is 0 Å². The third-order valence-corrected chi connectivity index (χ3v) is 4.98. The second-order valence-corrected chi connectivity index (χ2v) is 6.96. The molecule has 2 heterocycles. The summed E-state index contributed by atoms with van der Waals surface area (Å²) >= 11 is 4.77. The van der Waals surface area contributed by atoms with Crippen LogP contribution in [-0.2, 0) is 11.8 Å². The van der Waals surface area contributed by atoms with Crippen molar-refractivity contribution < 1.29 is 9.21 Å². The predicted molar refractivity (Wildman–Crippen MR) is 96.9 cm³/mol. The van der Waals surface area contributed by atoms with E-state index in [1.807, 2.05) is 38.2 Å². The molecule has 0 spiro atoms. The number of nitrogens with one attached hydrogen (secondary N) is 1. The van der Waals surface area contributed by atoms with Crippen LogP contribution in [0.15, 0.2) is 50.6 Å². The Morgan fingerprint density at radius 1 is 1.38 bits per heavy atom. The molecule has 0 aliphatic carbocycles. The summed E-state index contributed by atoms with van der Waals surface area (Å²) in [4.78, 5) is 12.1. The number of nitrogens with zero attached hydrogens (tertiary/aromatic N) is 3. The monoisotopic (exact) mass is 406 g/mol. The minimum atomic E-state index is -0.105. The number of amides is 1. The highest BCUT2D eigenvalue weighted by Gasteiger charge is 2.15. The van der Waals surface area contributed by atoms with Gasteiger partial charge in [0.25, 0.3) is 0 Å². The Bertz CT molecular complexity index is 861. The Morgan fingerprint density at radius 2 is 2.21 bits per heavy atom. The van der Waals surface area contributed by atoms with Crippen LogP contribution in [-0.4, -0.2) is 26.4 Å². The average molecular weight is 407 g/mol. The van der Waals surface area contributed by atoms with E-state index < -0.39 is 0 Å². The van der Waals surface area contributed by atoms with Crippen molar-refractivity contribution in [1.29, 1.82) is 0 Å². The van der Waals surface area contributed by atoms with Crippen molar-refractivity contribution in [3.63, 3.8) is 0 Å². The van der Waals surface area contributed by atoms with Crippen LogP contribution in [0.1, 0.15) is 5.56 Å². The third kappa shape index (κ3) is 3.70. The van der Waals surface area contributed by atoms with Gasteiger partial charge in [-0.25, -0.2) is 0 Å². The Hall–Kier alpha value is -2.06. The number of aromatic nitrogens is 3. The Balaban J connectivity index is 1.62. The molecule has 0 fully saturated rings. The molecule has 0 saturated heterocycles. The number of aryl methyl sites for hydroxylation is 1. The lowest BCUT2D eigenvalue weighted by Gasteiger charge is -2.08. The van der Waals surface area contributed by atoms with E-state index in [0.29, 0.717) is 16.7 Å². The second-order valence-electron chi connectivity index (χ2n) is 5.16. The number of rotatable bonds is 5. The van der Waals surface area contributed by atoms with Crippen molar-refractivity contribution in [3.8, 4) is 11.6 Å². The van der Waals surface area contributed by atoms with Crippen LogP contribution in [0.5, 0.6) is 0 Å². The summed E-state index contributed by atoms with van der Waals surface area (Å²) in [5.41, 5.74) is 1.87. The van der Waals surface area contributed by atoms with E-state index in [0.717, 1.165) is 15.7 Å². The van der Waals surface area contributed by atoms with E-state index in [4.69, 9.17) is 4.42 Å². The standard InChI is InChI=1S/C16H15BrN4O2S/c1-10-5-6-12(11(17)8-10)18-14(22)9-24-16-20-19-15(21(16)2)13-4-3-7-23-13/h3-8H,9H2,1-2H3,(H,18,22). The fourth-order valence-electron chi connectivity index (χ4n) is 2.10. The van der Waals surface area contributed by atoms with Crippen molar-refractivity contribution >= 4 is 39.3 Å². The molecule has 3 rings (SSSR count). The van der Waals surface area contributed by atoms with Crippen LogP contribution >= 0.6 is 27.7 Å². The summed E-state index contributed by atoms with van der Waals surface area (Å²) in [5.74, 6) is 1.41. The smallest absolute Gasteiger partial charge is 0.234 e. The molecule has 0 radical (unpaired) electrons. The summed E-state index contributed by atoms with van der Waals surface area (Å²) in [7, 11) is 1.84. The minimum Gasteiger partial charge on any atom is -0.461 e. The van der Waals surface area contributed by atoms with Crippen molar-refractivity contribution in [2.75, 3.05) is 11.1 Å². The molecule has 124 valence electrons. The number of hydrogen-bond donors (Lipinski definition) is 1. The molecule has 1 amide bonds. The molecule has 1 N–H and O–H groups in total. The molecular formula is C16H15BrN4O2S. The number of anilines is 1. The fourth-order valence-corrected chi connectivity index (χ4v) is 3.40. The van der Waals surface area contributed by atoms with E-state index in [9.17, 15) is 4.79 Å². The molecule has 0 atom stereocenters. The highest BCUT2D eigenvalue weighted by atomic mass is 79.9. The average Bonchev–Trinajstić information content (AvgIpc) is 3.18. The lowest BCUT2D eigenvalue weighted by molar-refractivity contribution is -0.113. The number of halogens is 1. The van der Waals surface area contributed by atoms with Crippen LogP contribution in [0.4, 0.5) is 5.69 Å². The molecule has 0 aliphatic heterocycles. The third-order valence-electron chi connectivity index (χ3n) is 3.31. The Kier molecular flexibility index (Phi) is 5.06. The SMILES string of the molecule is Cc1ccc(NC(=O)CSc2nnc(-c3ccco3)n2C)c(Br)c1. The first kappa shape index (κ1) is 16.8. The molecule has 8 heteroatoms. The molecule has 0 saturated carbocycles. The van der Waals surface area contributed by atoms with Gasteiger partial charge in [-0.3, -0.25) is 4.79 Å². The first-order valence-corrected chi connectivity index (χ1v) is 8.94. The number of carbonyl (C=O) groups excluding carboxylic acids is 1. The second kappa shape index (κ2) is 7.23. The van der Waals surface area contributed by atoms with Crippen molar-refractivity contribution in [2.24, 2.45) is 7.05 Å². The topological polar surface area (TPSA) is 73.0 Å². The van der Waals surface area contributed by atoms with Gasteiger partial charge in [-0.05, 0) is 52.7 Å². The number of hydrogen-bond acceptors (Lipinski definition) is 5. The zero-order chi connectivity index (χ0) is 17.1. The quantitative estimate of drug-likeness (QED) is 0.650. The van der Waals surface area contributed by atoms with E-state index in [1.54, 1.807) is 16.9 Å². The van der Waals surface area contributed by atoms with Gasteiger partial charge in [-0.1, -0.05) is 17.8 Å². The van der Waals surface area contributed by atoms with Crippen molar-refractivity contribution in [2.45, 2.75) is 12.1 Å². The predicted octanol–water partition coefficient (Wildman–Crippen LogP) is 3.88. The molecule has 2 aromatic heterocycles. The van der Waals surface area contributed by atoms with E-state index in [-0.39, 0.29) is 11.7 Å². The van der Waals surface area contributed by atoms with E-state index in [1.165, 1.54) is 11.8 Å². The highest BCUT2D eigenvalue weighted by molar-refractivity contribution is 9.10. The zero-order valence-corrected chi connectivity index (χ0v) is 15.5. The molecule has 3 aromatic rings. The lowest BCUT2D eigenvalue weighted by Crippen LogP contribution is -2.14. The molecule has 0 bridgehead atoms. The van der Waals surface area contributed by atoms with Gasteiger partial charge in [0.15, 0.2) is 16.7 Å². The first-order valence-electron chi connectivity index (χ1n) is 7.16. The molecule has 24 heavy (non-hydrogen) atoms. The maximum absolute atomic E-state index is 12.1. The number of thioether (sulfide) groups is 1. The summed E-state index contributed by atoms with van der Waals surface area (Å²) in [6.07, 6.45) is 1.59. The number of furan rings is 1. The minimum absolute atomic E-state index is 0.105. The van der Waals surface area contributed by atoms with Gasteiger partial charge in [-0.15, -0.1) is 10.2 Å². The number of carbonyl (C=O) groups is 1. The van der Waals surface area contributed by atoms with E-state index in [2.05, 4.69) is 31.4 Å². The maximum Gasteiger partial charge on any atom is 0.234 e. The van der Waals surface area contributed by atoms with Gasteiger partial charge < -0.3 is 14.3 Å². The largest absolute Gasteiger partial charge is 0.461 e. The lowest BCUT2D eigenvalue weighted by atomic mass is 10.2. The van der Waals surface area contributed by atoms with Gasteiger partial charge in [-0.2, -0.15) is 0 Å². The molecule has 6 nitrogen and oxygen atoms in total. The van der Waals surface area contributed by atoms with Crippen LogP contribution in [0, 0.1) is 6.92 Å². The van der Waals surface area contributed by atoms with Crippen LogP contribution < -0.4 is 5.32 Å². The fraction of sp³-hybridized carbons (Fsp3) is 0.188. The summed E-state index contributed by atoms with van der Waals surface area (Å²) in [5, 5.41) is 11.7. The molecule has 0 unspecified atom stereocenters. The summed E-state index contributed by atoms with van der Waals surface area (Å²) in [6.45, 7) is 2.00. The molecule has 1 aromatic carbocycles. The van der Waals surface area contributed by atoms with Crippen molar-refractivity contribution in [3.05, 3.63) is 46.6 Å². The first-order chi connectivity index (χ1) is 11.5.